The van der Waals surface area contributed by atoms with Gasteiger partial charge in [0.25, 0.3) is 5.91 Å². The molecule has 1 aromatic carbocycles. The lowest BCUT2D eigenvalue weighted by molar-refractivity contribution is 0.0919. The number of aliphatic imine (C=N–C) groups is 1. The lowest BCUT2D eigenvalue weighted by Crippen LogP contribution is -2.46. The van der Waals surface area contributed by atoms with E-state index in [-0.39, 0.29) is 23.4 Å². The minimum Gasteiger partial charge on any atom is -0.368 e. The third-order valence-electron chi connectivity index (χ3n) is 8.60. The number of amides is 1. The van der Waals surface area contributed by atoms with Gasteiger partial charge in [-0.15, -0.1) is 0 Å². The summed E-state index contributed by atoms with van der Waals surface area (Å²) in [7, 11) is 0. The summed E-state index contributed by atoms with van der Waals surface area (Å²) < 4.78 is 17.1. The second-order valence-corrected chi connectivity index (χ2v) is 11.2. The molecule has 42 heavy (non-hydrogen) atoms. The molecule has 0 atom stereocenters. The minimum absolute atomic E-state index is 0.0517. The summed E-state index contributed by atoms with van der Waals surface area (Å²) in [6, 6.07) is 7.91. The van der Waals surface area contributed by atoms with Crippen LogP contribution in [0.5, 0.6) is 0 Å². The molecule has 1 saturated carbocycles. The molecule has 2 fully saturated rings. The van der Waals surface area contributed by atoms with Crippen LogP contribution in [0.25, 0.3) is 10.9 Å². The Bertz CT molecular complexity index is 1660. The molecular weight excluding hydrogens is 537 g/mol. The van der Waals surface area contributed by atoms with Crippen LogP contribution in [0.3, 0.4) is 0 Å². The van der Waals surface area contributed by atoms with Crippen LogP contribution in [0.4, 0.5) is 21.6 Å². The molecule has 4 heterocycles. The lowest BCUT2D eigenvalue weighted by Gasteiger charge is -2.36. The van der Waals surface area contributed by atoms with Crippen molar-refractivity contribution in [2.75, 3.05) is 36.4 Å². The number of carbonyl (C=O) groups excluding carboxylic acids is 1. The molecule has 1 aliphatic carbocycles. The third-order valence-corrected chi connectivity index (χ3v) is 8.60. The first-order chi connectivity index (χ1) is 20.4. The molecule has 0 radical (unpaired) electrons. The van der Waals surface area contributed by atoms with Crippen LogP contribution >= 0.6 is 0 Å². The zero-order valence-electron chi connectivity index (χ0n) is 23.9. The molecule has 218 valence electrons. The molecule has 2 aromatic heterocycles. The highest BCUT2D eigenvalue weighted by molar-refractivity contribution is 6.06. The van der Waals surface area contributed by atoms with Crippen molar-refractivity contribution >= 4 is 40.3 Å². The Kier molecular flexibility index (Phi) is 7.60. The Balaban J connectivity index is 1.10. The Morgan fingerprint density at radius 3 is 2.62 bits per heavy atom. The van der Waals surface area contributed by atoms with Gasteiger partial charge in [-0.3, -0.25) is 14.3 Å². The average Bonchev–Trinajstić information content (AvgIpc) is 3.00. The van der Waals surface area contributed by atoms with Crippen LogP contribution in [-0.4, -0.2) is 63.9 Å². The van der Waals surface area contributed by atoms with Gasteiger partial charge in [-0.1, -0.05) is 0 Å². The van der Waals surface area contributed by atoms with E-state index in [1.807, 2.05) is 19.9 Å². The van der Waals surface area contributed by atoms with Crippen molar-refractivity contribution < 1.29 is 9.18 Å². The summed E-state index contributed by atoms with van der Waals surface area (Å²) in [4.78, 5) is 42.7. The van der Waals surface area contributed by atoms with E-state index < -0.39 is 11.5 Å². The van der Waals surface area contributed by atoms with Crippen molar-refractivity contribution in [1.82, 2.24) is 24.8 Å². The summed E-state index contributed by atoms with van der Waals surface area (Å²) in [6.07, 6.45) is 4.79. The maximum atomic E-state index is 15.7. The largest absolute Gasteiger partial charge is 0.368 e. The van der Waals surface area contributed by atoms with E-state index in [0.29, 0.717) is 54.3 Å². The van der Waals surface area contributed by atoms with Gasteiger partial charge in [-0.2, -0.15) is 10.2 Å². The highest BCUT2D eigenvalue weighted by Crippen LogP contribution is 2.36. The first-order valence-electron chi connectivity index (χ1n) is 14.6. The van der Waals surface area contributed by atoms with Crippen molar-refractivity contribution in [3.63, 3.8) is 0 Å². The van der Waals surface area contributed by atoms with E-state index in [1.165, 1.54) is 10.9 Å². The van der Waals surface area contributed by atoms with E-state index >= 15 is 4.39 Å². The maximum Gasteiger partial charge on any atom is 0.349 e. The zero-order valence-corrected chi connectivity index (χ0v) is 23.9. The lowest BCUT2D eigenvalue weighted by atomic mass is 9.87. The average molecular weight is 572 g/mol. The van der Waals surface area contributed by atoms with E-state index in [4.69, 9.17) is 5.26 Å². The number of anilines is 2. The number of nitrogens with one attached hydrogen (secondary N) is 2. The van der Waals surface area contributed by atoms with Crippen molar-refractivity contribution in [2.24, 2.45) is 10.9 Å². The first kappa shape index (κ1) is 27.8. The summed E-state index contributed by atoms with van der Waals surface area (Å²) in [5, 5.41) is 15.8. The number of nitriles is 1. The molecule has 1 saturated heterocycles. The number of piperazine rings is 1. The molecule has 2 aliphatic heterocycles. The van der Waals surface area contributed by atoms with Crippen LogP contribution in [0, 0.1) is 30.0 Å². The highest BCUT2D eigenvalue weighted by atomic mass is 19.1. The monoisotopic (exact) mass is 571 g/mol. The topological polar surface area (TPSA) is 132 Å². The molecule has 12 heteroatoms. The van der Waals surface area contributed by atoms with Gasteiger partial charge in [-0.25, -0.2) is 19.2 Å². The molecule has 2 N–H and O–H groups in total. The van der Waals surface area contributed by atoms with Crippen LogP contribution in [-0.2, 0) is 13.1 Å². The predicted octanol–water partition coefficient (Wildman–Crippen LogP) is 3.48. The summed E-state index contributed by atoms with van der Waals surface area (Å²) in [6.45, 7) is 7.42. The molecule has 1 amide bonds. The molecule has 11 nitrogen and oxygen atoms in total. The van der Waals surface area contributed by atoms with E-state index in [0.717, 1.165) is 50.2 Å². The van der Waals surface area contributed by atoms with Gasteiger partial charge in [0.05, 0.1) is 34.9 Å². The van der Waals surface area contributed by atoms with Crippen LogP contribution in [0.1, 0.15) is 54.4 Å². The highest BCUT2D eigenvalue weighted by Gasteiger charge is 2.26. The standard InChI is InChI=1S/C30H34FN9O2/c1-3-40-28-25-23(33-17-34-28)14-20(26(31)27(25)37-30(40)42)16-38-10-12-39(13-11-38)24-9-8-22(35-18(24)2)29(41)36-21-6-4-19(15-32)5-7-21/h8-9,14,17,19,21H,3-7,10-13,16H2,1-2H3,(H,33,34)(H,36,41). The number of hydrogen-bond donors (Lipinski definition) is 2. The fourth-order valence-corrected chi connectivity index (χ4v) is 6.25. The van der Waals surface area contributed by atoms with Crippen LogP contribution < -0.4 is 21.2 Å². The number of pyridine rings is 1. The van der Waals surface area contributed by atoms with Crippen molar-refractivity contribution in [1.29, 1.82) is 5.26 Å². The maximum absolute atomic E-state index is 15.7. The fraction of sp³-hybridized carbons (Fsp3) is 0.467. The van der Waals surface area contributed by atoms with E-state index in [1.54, 1.807) is 12.1 Å². The van der Waals surface area contributed by atoms with Gasteiger partial charge in [0.1, 0.15) is 17.0 Å². The molecule has 3 aliphatic rings. The van der Waals surface area contributed by atoms with Crippen molar-refractivity contribution in [2.45, 2.75) is 58.7 Å². The SMILES string of the molecule is CCn1c2c3c(cc(CN4CCN(c5ccc(C(=O)NC6CCC(C#N)CC6)nc5C)CC4)c(F)c3nc1=O)NC=N2. The molecule has 3 aromatic rings. The zero-order chi connectivity index (χ0) is 29.4. The summed E-state index contributed by atoms with van der Waals surface area (Å²) in [5.41, 5.74) is 2.89. The first-order valence-corrected chi connectivity index (χ1v) is 14.6. The van der Waals surface area contributed by atoms with E-state index in [2.05, 4.69) is 41.5 Å². The van der Waals surface area contributed by atoms with Crippen LogP contribution in [0.2, 0.25) is 0 Å². The Morgan fingerprint density at radius 2 is 1.93 bits per heavy atom. The number of aromatic nitrogens is 3. The van der Waals surface area contributed by atoms with Gasteiger partial charge in [0, 0.05) is 56.8 Å². The Labute approximate surface area is 243 Å². The van der Waals surface area contributed by atoms with Gasteiger partial charge >= 0.3 is 5.69 Å². The van der Waals surface area contributed by atoms with E-state index in [9.17, 15) is 9.59 Å². The second kappa shape index (κ2) is 11.5. The van der Waals surface area contributed by atoms with Crippen molar-refractivity contribution in [3.8, 4) is 6.07 Å². The van der Waals surface area contributed by atoms with Gasteiger partial charge in [0.2, 0.25) is 0 Å². The van der Waals surface area contributed by atoms with Gasteiger partial charge in [0.15, 0.2) is 5.82 Å². The summed E-state index contributed by atoms with van der Waals surface area (Å²) >= 11 is 0. The second-order valence-electron chi connectivity index (χ2n) is 11.2. The smallest absolute Gasteiger partial charge is 0.349 e. The minimum atomic E-state index is -0.509. The number of nitrogens with zero attached hydrogens (tertiary/aromatic N) is 7. The number of benzene rings is 1. The molecular formula is C30H34FN9O2. The summed E-state index contributed by atoms with van der Waals surface area (Å²) in [5.74, 6) is -0.142. The number of carbonyl (C=O) groups is 1. The molecule has 6 rings (SSSR count). The number of halogens is 1. The Morgan fingerprint density at radius 1 is 1.17 bits per heavy atom. The number of hydrogen-bond acceptors (Lipinski definition) is 9. The van der Waals surface area contributed by atoms with Gasteiger partial charge < -0.3 is 15.5 Å². The normalized spacial score (nSPS) is 20.3. The molecule has 0 unspecified atom stereocenters. The number of rotatable bonds is 6. The fourth-order valence-electron chi connectivity index (χ4n) is 6.25. The third kappa shape index (κ3) is 5.20. The Hall–Kier alpha value is -4.37. The van der Waals surface area contributed by atoms with Crippen LogP contribution in [0.15, 0.2) is 28.0 Å². The van der Waals surface area contributed by atoms with Gasteiger partial charge in [-0.05, 0) is 57.7 Å². The quantitative estimate of drug-likeness (QED) is 0.460. The molecule has 0 bridgehead atoms. The van der Waals surface area contributed by atoms with Crippen molar-refractivity contribution in [3.05, 3.63) is 51.5 Å². The molecule has 0 spiro atoms. The predicted molar refractivity (Wildman–Crippen MR) is 159 cm³/mol. The number of aryl methyl sites for hydroxylation is 1.